The maximum Gasteiger partial charge on any atom is 0.216 e. The van der Waals surface area contributed by atoms with Crippen molar-refractivity contribution in [1.29, 1.82) is 0 Å². The Morgan fingerprint density at radius 2 is 1.86 bits per heavy atom. The zero-order chi connectivity index (χ0) is 19.9. The first-order chi connectivity index (χ1) is 13.6. The number of aromatic nitrogens is 3. The van der Waals surface area contributed by atoms with E-state index in [-0.39, 0.29) is 0 Å². The second-order valence-corrected chi connectivity index (χ2v) is 6.28. The first-order valence-corrected chi connectivity index (χ1v) is 9.19. The van der Waals surface area contributed by atoms with Gasteiger partial charge in [-0.05, 0) is 60.2 Å². The molecule has 0 spiro atoms. The molecule has 0 amide bonds. The van der Waals surface area contributed by atoms with E-state index in [4.69, 9.17) is 26.4 Å². The normalized spacial score (nSPS) is 11.0. The molecule has 7 nitrogen and oxygen atoms in total. The highest BCUT2D eigenvalue weighted by molar-refractivity contribution is 7.71. The zero-order valence-corrected chi connectivity index (χ0v) is 16.8. The minimum atomic E-state index is 0.373. The Bertz CT molecular complexity index is 1010. The van der Waals surface area contributed by atoms with Crippen molar-refractivity contribution >= 4 is 18.4 Å². The van der Waals surface area contributed by atoms with Crippen molar-refractivity contribution in [3.05, 3.63) is 64.2 Å². The van der Waals surface area contributed by atoms with Crippen LogP contribution in [-0.2, 0) is 13.0 Å². The lowest BCUT2D eigenvalue weighted by Gasteiger charge is -2.12. The fourth-order valence-corrected chi connectivity index (χ4v) is 2.80. The molecule has 28 heavy (non-hydrogen) atoms. The van der Waals surface area contributed by atoms with E-state index < -0.39 is 0 Å². The number of hydrogen-bond acceptors (Lipinski definition) is 6. The lowest BCUT2D eigenvalue weighted by Crippen LogP contribution is -2.00. The van der Waals surface area contributed by atoms with Gasteiger partial charge in [-0.25, -0.2) is 0 Å². The highest BCUT2D eigenvalue weighted by atomic mass is 32.1. The Morgan fingerprint density at radius 3 is 2.54 bits per heavy atom. The Hall–Kier alpha value is -3.13. The number of benzene rings is 2. The summed E-state index contributed by atoms with van der Waals surface area (Å²) in [6.07, 6.45) is 2.48. The van der Waals surface area contributed by atoms with Gasteiger partial charge in [0.05, 0.1) is 20.4 Å². The van der Waals surface area contributed by atoms with Gasteiger partial charge in [-0.2, -0.15) is 14.9 Å². The van der Waals surface area contributed by atoms with Crippen molar-refractivity contribution in [2.24, 2.45) is 5.10 Å². The zero-order valence-electron chi connectivity index (χ0n) is 16.0. The molecule has 146 valence electrons. The van der Waals surface area contributed by atoms with E-state index in [1.54, 1.807) is 25.1 Å². The quantitative estimate of drug-likeness (QED) is 0.459. The molecule has 0 radical (unpaired) electrons. The van der Waals surface area contributed by atoms with Crippen molar-refractivity contribution in [3.63, 3.8) is 0 Å². The lowest BCUT2D eigenvalue weighted by atomic mass is 10.2. The van der Waals surface area contributed by atoms with Crippen LogP contribution in [0.5, 0.6) is 17.2 Å². The summed E-state index contributed by atoms with van der Waals surface area (Å²) in [5, 5.41) is 11.3. The Labute approximate surface area is 168 Å². The van der Waals surface area contributed by atoms with Crippen LogP contribution in [0.2, 0.25) is 0 Å². The molecule has 0 bridgehead atoms. The highest BCUT2D eigenvalue weighted by Gasteiger charge is 2.06. The summed E-state index contributed by atoms with van der Waals surface area (Å²) < 4.78 is 18.6. The number of methoxy groups -OCH3 is 2. The predicted molar refractivity (Wildman–Crippen MR) is 110 cm³/mol. The van der Waals surface area contributed by atoms with Crippen LogP contribution >= 0.6 is 12.2 Å². The van der Waals surface area contributed by atoms with Gasteiger partial charge < -0.3 is 14.2 Å². The molecule has 3 aromatic rings. The van der Waals surface area contributed by atoms with E-state index >= 15 is 0 Å². The molecule has 2 aromatic carbocycles. The minimum Gasteiger partial charge on any atom is -0.497 e. The van der Waals surface area contributed by atoms with Crippen molar-refractivity contribution < 1.29 is 14.2 Å². The number of hydrogen-bond donors (Lipinski definition) is 1. The van der Waals surface area contributed by atoms with Crippen molar-refractivity contribution in [2.75, 3.05) is 14.2 Å². The van der Waals surface area contributed by atoms with Gasteiger partial charge in [0.15, 0.2) is 5.82 Å². The maximum atomic E-state index is 5.88. The smallest absolute Gasteiger partial charge is 0.216 e. The molecule has 8 heteroatoms. The minimum absolute atomic E-state index is 0.373. The Balaban J connectivity index is 1.67. The maximum absolute atomic E-state index is 5.88. The summed E-state index contributed by atoms with van der Waals surface area (Å²) in [5.41, 5.74) is 1.84. The fraction of sp³-hybridized carbons (Fsp3) is 0.250. The van der Waals surface area contributed by atoms with Gasteiger partial charge in [0, 0.05) is 12.0 Å². The molecule has 0 unspecified atom stereocenters. The van der Waals surface area contributed by atoms with E-state index in [1.165, 1.54) is 0 Å². The summed E-state index contributed by atoms with van der Waals surface area (Å²) in [6.45, 7) is 2.37. The summed E-state index contributed by atoms with van der Waals surface area (Å²) in [5.74, 6) is 3.05. The number of rotatable bonds is 8. The topological polar surface area (TPSA) is 73.7 Å². The monoisotopic (exact) mass is 398 g/mol. The van der Waals surface area contributed by atoms with Gasteiger partial charge in [-0.15, -0.1) is 0 Å². The standard InChI is InChI=1S/C20H22N4O3S/c1-4-19-22-23-20(28)24(19)21-12-14-5-7-16(8-6-14)27-13-15-11-17(25-2)9-10-18(15)26-3/h5-12H,4,13H2,1-3H3,(H,23,28)/b21-12-. The van der Waals surface area contributed by atoms with Gasteiger partial charge in [-0.3, -0.25) is 5.10 Å². The Kier molecular flexibility index (Phi) is 6.44. The fourth-order valence-electron chi connectivity index (χ4n) is 2.60. The molecule has 0 aliphatic carbocycles. The van der Waals surface area contributed by atoms with Gasteiger partial charge in [0.1, 0.15) is 23.9 Å². The molecular weight excluding hydrogens is 376 g/mol. The average Bonchev–Trinajstić information content (AvgIpc) is 3.10. The summed E-state index contributed by atoms with van der Waals surface area (Å²) in [4.78, 5) is 0. The van der Waals surface area contributed by atoms with Gasteiger partial charge in [0.2, 0.25) is 4.77 Å². The van der Waals surface area contributed by atoms with Gasteiger partial charge in [0.25, 0.3) is 0 Å². The number of nitrogens with one attached hydrogen (secondary N) is 1. The molecular formula is C20H22N4O3S. The van der Waals surface area contributed by atoms with Crippen LogP contribution in [-0.4, -0.2) is 35.3 Å². The molecule has 1 heterocycles. The molecule has 0 aliphatic rings. The second-order valence-electron chi connectivity index (χ2n) is 5.89. The van der Waals surface area contributed by atoms with Crippen LogP contribution in [0.25, 0.3) is 0 Å². The van der Waals surface area contributed by atoms with E-state index in [9.17, 15) is 0 Å². The molecule has 0 saturated heterocycles. The molecule has 0 fully saturated rings. The first-order valence-electron chi connectivity index (χ1n) is 8.79. The van der Waals surface area contributed by atoms with E-state index in [2.05, 4.69) is 15.3 Å². The highest BCUT2D eigenvalue weighted by Crippen LogP contribution is 2.25. The van der Waals surface area contributed by atoms with Crippen molar-refractivity contribution in [2.45, 2.75) is 20.0 Å². The molecule has 3 rings (SSSR count). The predicted octanol–water partition coefficient (Wildman–Crippen LogP) is 3.98. The number of nitrogens with zero attached hydrogens (tertiary/aromatic N) is 3. The number of aromatic amines is 1. The van der Waals surface area contributed by atoms with Crippen molar-refractivity contribution in [1.82, 2.24) is 14.9 Å². The summed E-state index contributed by atoms with van der Waals surface area (Å²) in [7, 11) is 3.27. The third-order valence-corrected chi connectivity index (χ3v) is 4.38. The van der Waals surface area contributed by atoms with Crippen LogP contribution in [0.1, 0.15) is 23.9 Å². The van der Waals surface area contributed by atoms with Crippen LogP contribution in [0.3, 0.4) is 0 Å². The second kappa shape index (κ2) is 9.18. The Morgan fingerprint density at radius 1 is 1.11 bits per heavy atom. The van der Waals surface area contributed by atoms with E-state index in [1.807, 2.05) is 49.4 Å². The van der Waals surface area contributed by atoms with Crippen LogP contribution in [0.4, 0.5) is 0 Å². The number of ether oxygens (including phenoxy) is 3. The SMILES string of the molecule is CCc1n[nH]c(=S)n1/N=C\c1ccc(OCc2cc(OC)ccc2OC)cc1. The number of H-pyrrole nitrogens is 1. The lowest BCUT2D eigenvalue weighted by molar-refractivity contribution is 0.295. The van der Waals surface area contributed by atoms with Crippen LogP contribution < -0.4 is 14.2 Å². The third kappa shape index (κ3) is 4.58. The molecule has 1 N–H and O–H groups in total. The molecule has 0 atom stereocenters. The third-order valence-electron chi connectivity index (χ3n) is 4.12. The summed E-state index contributed by atoms with van der Waals surface area (Å²) in [6, 6.07) is 13.3. The summed E-state index contributed by atoms with van der Waals surface area (Å²) >= 11 is 5.19. The van der Waals surface area contributed by atoms with Crippen molar-refractivity contribution in [3.8, 4) is 17.2 Å². The van der Waals surface area contributed by atoms with E-state index in [0.29, 0.717) is 11.4 Å². The molecule has 0 saturated carbocycles. The van der Waals surface area contributed by atoms with Crippen LogP contribution in [0, 0.1) is 4.77 Å². The van der Waals surface area contributed by atoms with Gasteiger partial charge >= 0.3 is 0 Å². The van der Waals surface area contributed by atoms with E-state index in [0.717, 1.165) is 40.6 Å². The largest absolute Gasteiger partial charge is 0.497 e. The first kappa shape index (κ1) is 19.6. The number of aryl methyl sites for hydroxylation is 1. The van der Waals surface area contributed by atoms with Crippen LogP contribution in [0.15, 0.2) is 47.6 Å². The average molecular weight is 398 g/mol. The molecule has 1 aromatic heterocycles. The van der Waals surface area contributed by atoms with Gasteiger partial charge in [-0.1, -0.05) is 6.92 Å². The molecule has 0 aliphatic heterocycles.